The number of primary sulfonamides is 1. The summed E-state index contributed by atoms with van der Waals surface area (Å²) >= 11 is 5.78. The Morgan fingerprint density at radius 1 is 1.29 bits per heavy atom. The molecule has 1 aliphatic heterocycles. The molecule has 2 N–H and O–H groups in total. The van der Waals surface area contributed by atoms with E-state index in [0.29, 0.717) is 18.4 Å². The Morgan fingerprint density at radius 3 is 2.53 bits per heavy atom. The molecule has 17 heavy (non-hydrogen) atoms. The average Bonchev–Trinajstić information content (AvgIpc) is 2.13. The summed E-state index contributed by atoms with van der Waals surface area (Å²) in [5.41, 5.74) is 0.550. The Balaban J connectivity index is 2.79. The number of sulfonamides is 1. The van der Waals surface area contributed by atoms with Gasteiger partial charge in [-0.2, -0.15) is 0 Å². The summed E-state index contributed by atoms with van der Waals surface area (Å²) in [6.07, 6.45) is 1.08. The number of halogens is 1. The SMILES string of the molecule is NS(=O)(=O)c1cc2c(cc1Cl)CCCS2(=O)=O. The molecule has 0 aromatic heterocycles. The smallest absolute Gasteiger partial charge is 0.225 e. The van der Waals surface area contributed by atoms with Crippen molar-refractivity contribution in [2.24, 2.45) is 5.14 Å². The lowest BCUT2D eigenvalue weighted by Gasteiger charge is -2.17. The molecular formula is C9H10ClNO4S2. The van der Waals surface area contributed by atoms with Gasteiger partial charge in [0.2, 0.25) is 10.0 Å². The number of hydrogen-bond acceptors (Lipinski definition) is 4. The van der Waals surface area contributed by atoms with E-state index in [1.54, 1.807) is 0 Å². The van der Waals surface area contributed by atoms with Crippen LogP contribution in [0.15, 0.2) is 21.9 Å². The molecular weight excluding hydrogens is 286 g/mol. The van der Waals surface area contributed by atoms with Crippen molar-refractivity contribution in [3.05, 3.63) is 22.7 Å². The maximum absolute atomic E-state index is 11.8. The van der Waals surface area contributed by atoms with Crippen molar-refractivity contribution in [2.45, 2.75) is 22.6 Å². The number of sulfone groups is 1. The van der Waals surface area contributed by atoms with Gasteiger partial charge < -0.3 is 0 Å². The van der Waals surface area contributed by atoms with Crippen LogP contribution in [0.2, 0.25) is 5.02 Å². The van der Waals surface area contributed by atoms with Crippen molar-refractivity contribution in [1.82, 2.24) is 0 Å². The fourth-order valence-electron chi connectivity index (χ4n) is 1.84. The van der Waals surface area contributed by atoms with E-state index < -0.39 is 19.9 Å². The van der Waals surface area contributed by atoms with Crippen LogP contribution in [0.4, 0.5) is 0 Å². The van der Waals surface area contributed by atoms with E-state index in [1.807, 2.05) is 0 Å². The summed E-state index contributed by atoms with van der Waals surface area (Å²) in [6.45, 7) is 0. The third-order valence-electron chi connectivity index (χ3n) is 2.62. The molecule has 2 rings (SSSR count). The van der Waals surface area contributed by atoms with Crippen LogP contribution in [0.25, 0.3) is 0 Å². The Hall–Kier alpha value is -0.630. The molecule has 0 bridgehead atoms. The molecule has 8 heteroatoms. The van der Waals surface area contributed by atoms with E-state index in [2.05, 4.69) is 0 Å². The molecule has 0 radical (unpaired) electrons. The van der Waals surface area contributed by atoms with Gasteiger partial charge in [-0.05, 0) is 30.5 Å². The van der Waals surface area contributed by atoms with Crippen LogP contribution in [0.3, 0.4) is 0 Å². The molecule has 1 aliphatic rings. The van der Waals surface area contributed by atoms with Crippen molar-refractivity contribution in [2.75, 3.05) is 5.75 Å². The monoisotopic (exact) mass is 295 g/mol. The minimum Gasteiger partial charge on any atom is -0.225 e. The quantitative estimate of drug-likeness (QED) is 0.825. The first-order valence-corrected chi connectivity index (χ1v) is 8.37. The van der Waals surface area contributed by atoms with Crippen molar-refractivity contribution in [3.8, 4) is 0 Å². The summed E-state index contributed by atoms with van der Waals surface area (Å²) < 4.78 is 46.1. The van der Waals surface area contributed by atoms with Crippen molar-refractivity contribution in [3.63, 3.8) is 0 Å². The van der Waals surface area contributed by atoms with E-state index in [4.69, 9.17) is 16.7 Å². The fourth-order valence-corrected chi connectivity index (χ4v) is 4.64. The zero-order chi connectivity index (χ0) is 12.8. The van der Waals surface area contributed by atoms with Gasteiger partial charge >= 0.3 is 0 Å². The third-order valence-corrected chi connectivity index (χ3v) is 5.87. The minimum absolute atomic E-state index is 0.0195. The molecule has 1 heterocycles. The van der Waals surface area contributed by atoms with E-state index in [0.717, 1.165) is 6.07 Å². The topological polar surface area (TPSA) is 94.3 Å². The zero-order valence-corrected chi connectivity index (χ0v) is 11.1. The molecule has 1 aromatic carbocycles. The second-order valence-corrected chi connectivity index (χ2v) is 7.87. The third kappa shape index (κ3) is 2.33. The maximum atomic E-state index is 11.8. The first kappa shape index (κ1) is 12.8. The molecule has 5 nitrogen and oxygen atoms in total. The molecule has 0 amide bonds. The average molecular weight is 296 g/mol. The molecule has 0 unspecified atom stereocenters. The molecule has 94 valence electrons. The van der Waals surface area contributed by atoms with Crippen LogP contribution in [0.5, 0.6) is 0 Å². The highest BCUT2D eigenvalue weighted by Crippen LogP contribution is 2.31. The van der Waals surface area contributed by atoms with E-state index in [9.17, 15) is 16.8 Å². The Bertz CT molecular complexity index is 679. The number of rotatable bonds is 1. The van der Waals surface area contributed by atoms with Crippen LogP contribution < -0.4 is 5.14 Å². The van der Waals surface area contributed by atoms with Crippen LogP contribution in [-0.2, 0) is 26.3 Å². The second-order valence-electron chi connectivity index (χ2n) is 3.86. The summed E-state index contributed by atoms with van der Waals surface area (Å²) in [6, 6.07) is 2.43. The Labute approximate surface area is 105 Å². The molecule has 0 saturated carbocycles. The van der Waals surface area contributed by atoms with Gasteiger partial charge in [0.25, 0.3) is 0 Å². The minimum atomic E-state index is -4.01. The number of nitrogens with two attached hydrogens (primary N) is 1. The van der Waals surface area contributed by atoms with Gasteiger partial charge in [-0.15, -0.1) is 0 Å². The lowest BCUT2D eigenvalue weighted by molar-refractivity contribution is 0.585. The first-order chi connectivity index (χ1) is 7.72. The van der Waals surface area contributed by atoms with E-state index in [1.165, 1.54) is 6.07 Å². The molecule has 0 fully saturated rings. The van der Waals surface area contributed by atoms with Crippen molar-refractivity contribution in [1.29, 1.82) is 0 Å². The number of fused-ring (bicyclic) bond motifs is 1. The fraction of sp³-hybridized carbons (Fsp3) is 0.333. The number of benzene rings is 1. The Morgan fingerprint density at radius 2 is 1.94 bits per heavy atom. The summed E-state index contributed by atoms with van der Waals surface area (Å²) in [7, 11) is -7.43. The lowest BCUT2D eigenvalue weighted by atomic mass is 10.1. The predicted octanol–water partition coefficient (Wildman–Crippen LogP) is 0.707. The van der Waals surface area contributed by atoms with Crippen LogP contribution in [-0.4, -0.2) is 22.6 Å². The predicted molar refractivity (Wildman–Crippen MR) is 63.2 cm³/mol. The molecule has 0 saturated heterocycles. The summed E-state index contributed by atoms with van der Waals surface area (Å²) in [5.74, 6) is 0.0195. The van der Waals surface area contributed by atoms with Crippen molar-refractivity contribution < 1.29 is 16.8 Å². The largest absolute Gasteiger partial charge is 0.239 e. The van der Waals surface area contributed by atoms with Gasteiger partial charge in [-0.1, -0.05) is 11.6 Å². The van der Waals surface area contributed by atoms with Crippen LogP contribution in [0.1, 0.15) is 12.0 Å². The second kappa shape index (κ2) is 3.94. The number of hydrogen-bond donors (Lipinski definition) is 1. The van der Waals surface area contributed by atoms with Crippen LogP contribution >= 0.6 is 11.6 Å². The molecule has 0 spiro atoms. The molecule has 0 aliphatic carbocycles. The Kier molecular flexibility index (Phi) is 2.97. The van der Waals surface area contributed by atoms with Gasteiger partial charge in [0.1, 0.15) is 4.90 Å². The van der Waals surface area contributed by atoms with Crippen molar-refractivity contribution >= 4 is 31.5 Å². The lowest BCUT2D eigenvalue weighted by Crippen LogP contribution is -2.19. The van der Waals surface area contributed by atoms with Gasteiger partial charge in [0, 0.05) is 0 Å². The van der Waals surface area contributed by atoms with E-state index in [-0.39, 0.29) is 20.6 Å². The highest BCUT2D eigenvalue weighted by atomic mass is 35.5. The zero-order valence-electron chi connectivity index (χ0n) is 8.68. The van der Waals surface area contributed by atoms with Gasteiger partial charge in [-0.25, -0.2) is 22.0 Å². The molecule has 1 aromatic rings. The maximum Gasteiger partial charge on any atom is 0.239 e. The normalized spacial score (nSPS) is 18.7. The summed E-state index contributed by atoms with van der Waals surface area (Å²) in [4.78, 5) is -0.319. The summed E-state index contributed by atoms with van der Waals surface area (Å²) in [5, 5.41) is 4.93. The van der Waals surface area contributed by atoms with Gasteiger partial charge in [-0.3, -0.25) is 0 Å². The highest BCUT2D eigenvalue weighted by Gasteiger charge is 2.27. The van der Waals surface area contributed by atoms with Gasteiger partial charge in [0.15, 0.2) is 9.84 Å². The van der Waals surface area contributed by atoms with Crippen LogP contribution in [0, 0.1) is 0 Å². The number of aryl methyl sites for hydroxylation is 1. The molecule has 0 atom stereocenters. The first-order valence-electron chi connectivity index (χ1n) is 4.80. The highest BCUT2D eigenvalue weighted by molar-refractivity contribution is 7.91. The van der Waals surface area contributed by atoms with E-state index >= 15 is 0 Å². The standard InChI is InChI=1S/C9H10ClNO4S2/c10-7-4-6-2-1-3-16(12,13)8(6)5-9(7)17(11,14)15/h4-5H,1-3H2,(H2,11,14,15). The van der Waals surface area contributed by atoms with Gasteiger partial charge in [0.05, 0.1) is 15.7 Å².